The Labute approximate surface area is 161 Å². The van der Waals surface area contributed by atoms with Crippen molar-refractivity contribution in [3.63, 3.8) is 0 Å². The summed E-state index contributed by atoms with van der Waals surface area (Å²) in [5.74, 6) is 0.396. The van der Waals surface area contributed by atoms with Gasteiger partial charge in [0, 0.05) is 24.6 Å². The zero-order chi connectivity index (χ0) is 18.9. The molecule has 5 heteroatoms. The average molecular weight is 367 g/mol. The third kappa shape index (κ3) is 6.05. The fraction of sp³-hybridized carbons (Fsp3) is 0.500. The Morgan fingerprint density at radius 3 is 2.89 bits per heavy atom. The molecule has 27 heavy (non-hydrogen) atoms. The highest BCUT2D eigenvalue weighted by molar-refractivity contribution is 5.68. The minimum Gasteiger partial charge on any atom is -0.481 e. The molecule has 0 aromatic carbocycles. The van der Waals surface area contributed by atoms with Crippen LogP contribution in [0.5, 0.6) is 0 Å². The fourth-order valence-corrected chi connectivity index (χ4v) is 3.77. The molecule has 144 valence electrons. The Hall–Kier alpha value is -2.43. The second-order valence-electron chi connectivity index (χ2n) is 7.37. The lowest BCUT2D eigenvalue weighted by atomic mass is 9.91. The molecular formula is C22H29N3O2. The summed E-state index contributed by atoms with van der Waals surface area (Å²) in [6.07, 6.45) is 12.4. The quantitative estimate of drug-likeness (QED) is 0.601. The second kappa shape index (κ2) is 10.0. The molecule has 0 bridgehead atoms. The number of pyridine rings is 2. The summed E-state index contributed by atoms with van der Waals surface area (Å²) in [6, 6.07) is 8.24. The first-order chi connectivity index (χ1) is 13.2. The molecule has 1 aliphatic heterocycles. The number of hydrogen-bond donors (Lipinski definition) is 2. The summed E-state index contributed by atoms with van der Waals surface area (Å²) in [4.78, 5) is 20.0. The van der Waals surface area contributed by atoms with E-state index in [-0.39, 0.29) is 12.3 Å². The monoisotopic (exact) mass is 367 g/mol. The van der Waals surface area contributed by atoms with Gasteiger partial charge < -0.3 is 10.4 Å². The Balaban J connectivity index is 1.38. The summed E-state index contributed by atoms with van der Waals surface area (Å²) >= 11 is 0. The van der Waals surface area contributed by atoms with E-state index in [1.165, 1.54) is 17.7 Å². The highest BCUT2D eigenvalue weighted by atomic mass is 16.4. The van der Waals surface area contributed by atoms with E-state index >= 15 is 0 Å². The van der Waals surface area contributed by atoms with Crippen LogP contribution in [0.2, 0.25) is 0 Å². The van der Waals surface area contributed by atoms with E-state index in [0.717, 1.165) is 62.9 Å². The van der Waals surface area contributed by atoms with Crippen molar-refractivity contribution in [3.05, 3.63) is 53.5 Å². The van der Waals surface area contributed by atoms with Crippen molar-refractivity contribution >= 4 is 11.8 Å². The van der Waals surface area contributed by atoms with Crippen molar-refractivity contribution in [2.45, 2.75) is 63.7 Å². The predicted octanol–water partition coefficient (Wildman–Crippen LogP) is 4.59. The molecule has 2 aromatic heterocycles. The normalized spacial score (nSPS) is 14.2. The number of aryl methyl sites for hydroxylation is 2. The molecule has 0 radical (unpaired) electrons. The number of rotatable bonds is 10. The van der Waals surface area contributed by atoms with Gasteiger partial charge in [0.05, 0.1) is 6.42 Å². The van der Waals surface area contributed by atoms with Crippen LogP contribution in [0.25, 0.3) is 0 Å². The lowest BCUT2D eigenvalue weighted by Gasteiger charge is -2.17. The largest absolute Gasteiger partial charge is 0.481 e. The topological polar surface area (TPSA) is 75.1 Å². The van der Waals surface area contributed by atoms with E-state index in [0.29, 0.717) is 0 Å². The van der Waals surface area contributed by atoms with Gasteiger partial charge in [-0.2, -0.15) is 0 Å². The van der Waals surface area contributed by atoms with Crippen LogP contribution in [0.4, 0.5) is 5.82 Å². The molecule has 0 saturated heterocycles. The molecule has 5 nitrogen and oxygen atoms in total. The maximum Gasteiger partial charge on any atom is 0.303 e. The SMILES string of the molecule is O=C(O)CC(CCCCCCc1ccc2c(n1)NCCC2)c1cccnc1. The number of fused-ring (bicyclic) bond motifs is 1. The molecule has 3 rings (SSSR count). The summed E-state index contributed by atoms with van der Waals surface area (Å²) in [5.41, 5.74) is 3.54. The van der Waals surface area contributed by atoms with Crippen LogP contribution in [-0.2, 0) is 17.6 Å². The van der Waals surface area contributed by atoms with Gasteiger partial charge in [-0.05, 0) is 61.3 Å². The number of anilines is 1. The van der Waals surface area contributed by atoms with Gasteiger partial charge in [0.15, 0.2) is 0 Å². The van der Waals surface area contributed by atoms with E-state index in [4.69, 9.17) is 10.1 Å². The number of carbonyl (C=O) groups is 1. The van der Waals surface area contributed by atoms with E-state index in [1.807, 2.05) is 12.1 Å². The smallest absolute Gasteiger partial charge is 0.303 e. The van der Waals surface area contributed by atoms with Gasteiger partial charge in [-0.25, -0.2) is 4.98 Å². The molecule has 0 aliphatic carbocycles. The molecule has 0 spiro atoms. The predicted molar refractivity (Wildman–Crippen MR) is 107 cm³/mol. The minimum absolute atomic E-state index is 0.0598. The zero-order valence-electron chi connectivity index (χ0n) is 15.9. The lowest BCUT2D eigenvalue weighted by molar-refractivity contribution is -0.137. The van der Waals surface area contributed by atoms with Crippen molar-refractivity contribution in [2.24, 2.45) is 0 Å². The second-order valence-corrected chi connectivity index (χ2v) is 7.37. The van der Waals surface area contributed by atoms with Gasteiger partial charge in [0.1, 0.15) is 5.82 Å². The van der Waals surface area contributed by atoms with Crippen molar-refractivity contribution in [1.82, 2.24) is 9.97 Å². The van der Waals surface area contributed by atoms with Crippen LogP contribution in [0, 0.1) is 0 Å². The Morgan fingerprint density at radius 1 is 1.19 bits per heavy atom. The lowest BCUT2D eigenvalue weighted by Crippen LogP contribution is -2.13. The molecule has 0 fully saturated rings. The molecule has 2 N–H and O–H groups in total. The van der Waals surface area contributed by atoms with Gasteiger partial charge in [-0.15, -0.1) is 0 Å². The summed E-state index contributed by atoms with van der Waals surface area (Å²) in [5, 5.41) is 12.6. The third-order valence-electron chi connectivity index (χ3n) is 5.26. The number of aliphatic carboxylic acids is 1. The van der Waals surface area contributed by atoms with Crippen LogP contribution in [0.15, 0.2) is 36.7 Å². The number of nitrogens with one attached hydrogen (secondary N) is 1. The van der Waals surface area contributed by atoms with Crippen molar-refractivity contribution < 1.29 is 9.90 Å². The summed E-state index contributed by atoms with van der Waals surface area (Å²) in [7, 11) is 0. The molecule has 1 aliphatic rings. The van der Waals surface area contributed by atoms with Gasteiger partial charge >= 0.3 is 5.97 Å². The van der Waals surface area contributed by atoms with Gasteiger partial charge in [-0.3, -0.25) is 9.78 Å². The van der Waals surface area contributed by atoms with Gasteiger partial charge in [-0.1, -0.05) is 31.4 Å². The first kappa shape index (κ1) is 19.3. The fourth-order valence-electron chi connectivity index (χ4n) is 3.77. The molecule has 2 aromatic rings. The molecular weight excluding hydrogens is 338 g/mol. The summed E-state index contributed by atoms with van der Waals surface area (Å²) in [6.45, 7) is 1.03. The molecule has 0 saturated carbocycles. The number of carboxylic acids is 1. The number of aromatic nitrogens is 2. The van der Waals surface area contributed by atoms with Crippen molar-refractivity contribution in [2.75, 3.05) is 11.9 Å². The Morgan fingerprint density at radius 2 is 2.07 bits per heavy atom. The van der Waals surface area contributed by atoms with E-state index < -0.39 is 5.97 Å². The third-order valence-corrected chi connectivity index (χ3v) is 5.26. The number of hydrogen-bond acceptors (Lipinski definition) is 4. The highest BCUT2D eigenvalue weighted by Crippen LogP contribution is 2.26. The first-order valence-electron chi connectivity index (χ1n) is 10.1. The van der Waals surface area contributed by atoms with E-state index in [9.17, 15) is 4.79 Å². The highest BCUT2D eigenvalue weighted by Gasteiger charge is 2.15. The van der Waals surface area contributed by atoms with Gasteiger partial charge in [0.2, 0.25) is 0 Å². The van der Waals surface area contributed by atoms with E-state index in [2.05, 4.69) is 22.4 Å². The van der Waals surface area contributed by atoms with Crippen LogP contribution < -0.4 is 5.32 Å². The number of carboxylic acid groups (broad SMARTS) is 1. The van der Waals surface area contributed by atoms with Crippen molar-refractivity contribution in [1.29, 1.82) is 0 Å². The maximum absolute atomic E-state index is 11.1. The van der Waals surface area contributed by atoms with Crippen LogP contribution in [0.3, 0.4) is 0 Å². The Bertz CT molecular complexity index is 734. The van der Waals surface area contributed by atoms with Gasteiger partial charge in [0.25, 0.3) is 0 Å². The first-order valence-corrected chi connectivity index (χ1v) is 10.1. The molecule has 3 heterocycles. The van der Waals surface area contributed by atoms with Crippen LogP contribution >= 0.6 is 0 Å². The van der Waals surface area contributed by atoms with Crippen LogP contribution in [0.1, 0.15) is 67.7 Å². The van der Waals surface area contributed by atoms with Crippen molar-refractivity contribution in [3.8, 4) is 0 Å². The number of unbranched alkanes of at least 4 members (excludes halogenated alkanes) is 3. The zero-order valence-corrected chi connectivity index (χ0v) is 15.9. The molecule has 1 atom stereocenters. The maximum atomic E-state index is 11.1. The minimum atomic E-state index is -0.740. The van der Waals surface area contributed by atoms with E-state index in [1.54, 1.807) is 12.4 Å². The number of nitrogens with zero attached hydrogens (tertiary/aromatic N) is 2. The molecule has 0 amide bonds. The Kier molecular flexibility index (Phi) is 7.19. The van der Waals surface area contributed by atoms with Crippen LogP contribution in [-0.4, -0.2) is 27.6 Å². The average Bonchev–Trinajstić information content (AvgIpc) is 2.70. The standard InChI is InChI=1S/C22H29N3O2/c26-21(27)15-18(19-9-5-13-23-16-19)7-3-1-2-4-10-20-12-11-17-8-6-14-24-22(17)25-20/h5,9,11-13,16,18H,1-4,6-8,10,14-15H2,(H,24,25)(H,26,27). The summed E-state index contributed by atoms with van der Waals surface area (Å²) < 4.78 is 0. The molecule has 1 unspecified atom stereocenters.